The number of benzene rings is 2. The largest absolute Gasteiger partial charge is 0.494 e. The second-order valence-corrected chi connectivity index (χ2v) is 7.20. The summed E-state index contributed by atoms with van der Waals surface area (Å²) in [6.45, 7) is 5.79. The van der Waals surface area contributed by atoms with Crippen molar-refractivity contribution >= 4 is 5.97 Å². The van der Waals surface area contributed by atoms with Crippen LogP contribution in [0.5, 0.6) is 17.2 Å². The highest BCUT2D eigenvalue weighted by atomic mass is 16.5. The average molecular weight is 399 g/mol. The van der Waals surface area contributed by atoms with Crippen molar-refractivity contribution in [1.82, 2.24) is 0 Å². The zero-order valence-corrected chi connectivity index (χ0v) is 17.8. The summed E-state index contributed by atoms with van der Waals surface area (Å²) < 4.78 is 16.8. The third-order valence-corrected chi connectivity index (χ3v) is 4.66. The van der Waals surface area contributed by atoms with Crippen molar-refractivity contribution in [2.45, 2.75) is 65.2 Å². The first-order valence-electron chi connectivity index (χ1n) is 10.9. The van der Waals surface area contributed by atoms with Crippen LogP contribution < -0.4 is 14.2 Å². The molecule has 4 nitrogen and oxygen atoms in total. The molecular weight excluding hydrogens is 364 g/mol. The third kappa shape index (κ3) is 9.03. The highest BCUT2D eigenvalue weighted by Gasteiger charge is 2.09. The van der Waals surface area contributed by atoms with E-state index in [1.54, 1.807) is 36.4 Å². The quantitative estimate of drug-likeness (QED) is 0.199. The zero-order chi connectivity index (χ0) is 20.7. The maximum Gasteiger partial charge on any atom is 0.343 e. The molecule has 158 valence electrons. The van der Waals surface area contributed by atoms with Crippen molar-refractivity contribution in [3.63, 3.8) is 0 Å². The fourth-order valence-corrected chi connectivity index (χ4v) is 2.89. The summed E-state index contributed by atoms with van der Waals surface area (Å²) in [5.74, 6) is 1.69. The fourth-order valence-electron chi connectivity index (χ4n) is 2.89. The SMILES string of the molecule is CCCCCCCOc1ccc(OC(=O)c2ccc(OCCCCC)cc2)cc1. The summed E-state index contributed by atoms with van der Waals surface area (Å²) in [6.07, 6.45) is 9.43. The van der Waals surface area contributed by atoms with E-state index in [1.165, 1.54) is 32.1 Å². The van der Waals surface area contributed by atoms with Gasteiger partial charge in [0.1, 0.15) is 17.2 Å². The lowest BCUT2D eigenvalue weighted by molar-refractivity contribution is 0.0734. The molecule has 0 atom stereocenters. The Morgan fingerprint density at radius 3 is 1.66 bits per heavy atom. The summed E-state index contributed by atoms with van der Waals surface area (Å²) in [5.41, 5.74) is 0.498. The van der Waals surface area contributed by atoms with Gasteiger partial charge in [0.25, 0.3) is 0 Å². The molecule has 0 aliphatic carbocycles. The van der Waals surface area contributed by atoms with Crippen molar-refractivity contribution in [2.24, 2.45) is 0 Å². The van der Waals surface area contributed by atoms with Crippen molar-refractivity contribution in [3.8, 4) is 17.2 Å². The maximum absolute atomic E-state index is 12.3. The Bertz CT molecular complexity index is 692. The Kier molecular flexibility index (Phi) is 10.7. The molecule has 0 aliphatic rings. The Hall–Kier alpha value is -2.49. The molecule has 2 aromatic rings. The monoisotopic (exact) mass is 398 g/mol. The van der Waals surface area contributed by atoms with Gasteiger partial charge in [-0.15, -0.1) is 0 Å². The molecule has 0 unspecified atom stereocenters. The van der Waals surface area contributed by atoms with Crippen molar-refractivity contribution in [1.29, 1.82) is 0 Å². The van der Waals surface area contributed by atoms with E-state index in [-0.39, 0.29) is 5.97 Å². The summed E-state index contributed by atoms with van der Waals surface area (Å²) in [4.78, 5) is 12.3. The van der Waals surface area contributed by atoms with Gasteiger partial charge in [0, 0.05) is 0 Å². The number of esters is 1. The second kappa shape index (κ2) is 13.6. The standard InChI is InChI=1S/C25H34O4/c1-3-5-7-8-10-20-28-23-15-17-24(18-16-23)29-25(26)21-11-13-22(14-12-21)27-19-9-6-4-2/h11-18H,3-10,19-20H2,1-2H3. The third-order valence-electron chi connectivity index (χ3n) is 4.66. The van der Waals surface area contributed by atoms with E-state index in [1.807, 2.05) is 12.1 Å². The Labute approximate surface area is 175 Å². The molecule has 0 radical (unpaired) electrons. The van der Waals surface area contributed by atoms with Crippen LogP contribution >= 0.6 is 0 Å². The van der Waals surface area contributed by atoms with Gasteiger partial charge in [-0.25, -0.2) is 4.79 Å². The highest BCUT2D eigenvalue weighted by molar-refractivity contribution is 5.91. The van der Waals surface area contributed by atoms with E-state index in [2.05, 4.69) is 13.8 Å². The summed E-state index contributed by atoms with van der Waals surface area (Å²) >= 11 is 0. The van der Waals surface area contributed by atoms with Gasteiger partial charge >= 0.3 is 5.97 Å². The second-order valence-electron chi connectivity index (χ2n) is 7.20. The molecule has 0 saturated heterocycles. The Balaban J connectivity index is 1.74. The lowest BCUT2D eigenvalue weighted by Gasteiger charge is -2.09. The molecule has 0 fully saturated rings. The van der Waals surface area contributed by atoms with E-state index >= 15 is 0 Å². The predicted molar refractivity (Wildman–Crippen MR) is 117 cm³/mol. The topological polar surface area (TPSA) is 44.8 Å². The zero-order valence-electron chi connectivity index (χ0n) is 17.8. The number of rotatable bonds is 14. The Morgan fingerprint density at radius 1 is 0.621 bits per heavy atom. The van der Waals surface area contributed by atoms with Crippen LogP contribution in [0.25, 0.3) is 0 Å². The highest BCUT2D eigenvalue weighted by Crippen LogP contribution is 2.20. The lowest BCUT2D eigenvalue weighted by atomic mass is 10.2. The molecular formula is C25H34O4. The van der Waals surface area contributed by atoms with Gasteiger partial charge in [-0.2, -0.15) is 0 Å². The first kappa shape index (κ1) is 22.8. The molecule has 0 saturated carbocycles. The summed E-state index contributed by atoms with van der Waals surface area (Å²) in [6, 6.07) is 14.3. The molecule has 4 heteroatoms. The summed E-state index contributed by atoms with van der Waals surface area (Å²) in [7, 11) is 0. The van der Waals surface area contributed by atoms with Gasteiger partial charge in [-0.1, -0.05) is 52.4 Å². The average Bonchev–Trinajstić information content (AvgIpc) is 2.75. The number of hydrogen-bond acceptors (Lipinski definition) is 4. The number of carbonyl (C=O) groups is 1. The first-order chi connectivity index (χ1) is 14.2. The smallest absolute Gasteiger partial charge is 0.343 e. The number of ether oxygens (including phenoxy) is 3. The number of hydrogen-bond donors (Lipinski definition) is 0. The minimum atomic E-state index is -0.382. The van der Waals surface area contributed by atoms with E-state index in [0.717, 1.165) is 37.4 Å². The molecule has 29 heavy (non-hydrogen) atoms. The van der Waals surface area contributed by atoms with Gasteiger partial charge in [0.2, 0.25) is 0 Å². The predicted octanol–water partition coefficient (Wildman–Crippen LogP) is 6.82. The van der Waals surface area contributed by atoms with Crippen LogP contribution in [-0.4, -0.2) is 19.2 Å². The molecule has 0 bridgehead atoms. The first-order valence-corrected chi connectivity index (χ1v) is 10.9. The van der Waals surface area contributed by atoms with Crippen LogP contribution in [0.4, 0.5) is 0 Å². The van der Waals surface area contributed by atoms with E-state index in [4.69, 9.17) is 14.2 Å². The van der Waals surface area contributed by atoms with Gasteiger partial charge in [-0.05, 0) is 61.4 Å². The van der Waals surface area contributed by atoms with Crippen molar-refractivity contribution in [3.05, 3.63) is 54.1 Å². The van der Waals surface area contributed by atoms with Gasteiger partial charge in [0.15, 0.2) is 0 Å². The fraction of sp³-hybridized carbons (Fsp3) is 0.480. The van der Waals surface area contributed by atoms with Crippen LogP contribution in [0.2, 0.25) is 0 Å². The molecule has 2 rings (SSSR count). The molecule has 0 N–H and O–H groups in total. The normalized spacial score (nSPS) is 10.6. The van der Waals surface area contributed by atoms with Gasteiger partial charge < -0.3 is 14.2 Å². The maximum atomic E-state index is 12.3. The van der Waals surface area contributed by atoms with E-state index in [9.17, 15) is 4.79 Å². The van der Waals surface area contributed by atoms with Crippen molar-refractivity contribution < 1.29 is 19.0 Å². The minimum absolute atomic E-state index is 0.382. The Morgan fingerprint density at radius 2 is 1.07 bits per heavy atom. The number of unbranched alkanes of at least 4 members (excludes halogenated alkanes) is 6. The van der Waals surface area contributed by atoms with Crippen molar-refractivity contribution in [2.75, 3.05) is 13.2 Å². The van der Waals surface area contributed by atoms with Gasteiger partial charge in [-0.3, -0.25) is 0 Å². The molecule has 2 aromatic carbocycles. The van der Waals surface area contributed by atoms with Gasteiger partial charge in [0.05, 0.1) is 18.8 Å². The molecule has 0 aliphatic heterocycles. The molecule has 0 aromatic heterocycles. The van der Waals surface area contributed by atoms with Crippen LogP contribution in [0, 0.1) is 0 Å². The molecule has 0 amide bonds. The molecule has 0 heterocycles. The lowest BCUT2D eigenvalue weighted by Crippen LogP contribution is -2.08. The summed E-state index contributed by atoms with van der Waals surface area (Å²) in [5, 5.41) is 0. The van der Waals surface area contributed by atoms with Crippen LogP contribution in [-0.2, 0) is 0 Å². The van der Waals surface area contributed by atoms with Crippen LogP contribution in [0.1, 0.15) is 75.6 Å². The van der Waals surface area contributed by atoms with E-state index in [0.29, 0.717) is 17.9 Å². The van der Waals surface area contributed by atoms with E-state index < -0.39 is 0 Å². The number of carbonyl (C=O) groups excluding carboxylic acids is 1. The van der Waals surface area contributed by atoms with Crippen LogP contribution in [0.15, 0.2) is 48.5 Å². The van der Waals surface area contributed by atoms with Crippen LogP contribution in [0.3, 0.4) is 0 Å². The minimum Gasteiger partial charge on any atom is -0.494 e. The molecule has 0 spiro atoms.